The minimum absolute atomic E-state index is 0.00381. The fourth-order valence-electron chi connectivity index (χ4n) is 3.76. The molecule has 140 valence electrons. The lowest BCUT2D eigenvalue weighted by Crippen LogP contribution is -2.51. The molecule has 1 atom stereocenters. The van der Waals surface area contributed by atoms with Crippen molar-refractivity contribution in [1.82, 2.24) is 20.2 Å². The number of aromatic amines is 1. The van der Waals surface area contributed by atoms with Gasteiger partial charge in [0.1, 0.15) is 10.7 Å². The first-order valence-electron chi connectivity index (χ1n) is 9.24. The number of nitrogens with zero attached hydrogens (tertiary/aromatic N) is 2. The summed E-state index contributed by atoms with van der Waals surface area (Å²) in [6.07, 6.45) is 3.76. The van der Waals surface area contributed by atoms with Crippen LogP contribution in [0, 0.1) is 0 Å². The summed E-state index contributed by atoms with van der Waals surface area (Å²) < 4.78 is 0. The zero-order valence-corrected chi connectivity index (χ0v) is 16.6. The van der Waals surface area contributed by atoms with Crippen LogP contribution >= 0.6 is 23.1 Å². The van der Waals surface area contributed by atoms with Gasteiger partial charge in [0.2, 0.25) is 5.91 Å². The Morgan fingerprint density at radius 3 is 3.15 bits per heavy atom. The first kappa shape index (κ1) is 18.0. The number of nitrogens with one attached hydrogen (secondary N) is 2. The van der Waals surface area contributed by atoms with Gasteiger partial charge in [-0.05, 0) is 31.7 Å². The van der Waals surface area contributed by atoms with Gasteiger partial charge in [-0.2, -0.15) is 11.8 Å². The van der Waals surface area contributed by atoms with Crippen molar-refractivity contribution in [3.8, 4) is 0 Å². The molecule has 1 aliphatic heterocycles. The summed E-state index contributed by atoms with van der Waals surface area (Å²) in [6.45, 7) is 4.56. The average Bonchev–Trinajstić information content (AvgIpc) is 3.19. The highest BCUT2D eigenvalue weighted by molar-refractivity contribution is 7.98. The highest BCUT2D eigenvalue weighted by atomic mass is 32.2. The number of aromatic nitrogens is 2. The Morgan fingerprint density at radius 1 is 1.42 bits per heavy atom. The van der Waals surface area contributed by atoms with E-state index >= 15 is 0 Å². The van der Waals surface area contributed by atoms with E-state index in [0.29, 0.717) is 18.2 Å². The van der Waals surface area contributed by atoms with Gasteiger partial charge < -0.3 is 15.2 Å². The van der Waals surface area contributed by atoms with E-state index in [-0.39, 0.29) is 11.5 Å². The average molecular weight is 393 g/mol. The largest absolute Gasteiger partial charge is 0.340 e. The molecule has 4 rings (SSSR count). The number of H-pyrrole nitrogens is 1. The molecule has 6 nitrogen and oxygen atoms in total. The molecule has 3 heterocycles. The van der Waals surface area contributed by atoms with Gasteiger partial charge in [0, 0.05) is 42.7 Å². The monoisotopic (exact) mass is 392 g/mol. The Bertz CT molecular complexity index is 876. The molecular formula is C18H24N4O2S2. The molecule has 1 amide bonds. The normalized spacial score (nSPS) is 19.9. The number of thioether (sulfide) groups is 1. The lowest BCUT2D eigenvalue weighted by molar-refractivity contribution is -0.131. The molecule has 1 unspecified atom stereocenters. The van der Waals surface area contributed by atoms with Crippen LogP contribution in [0.2, 0.25) is 0 Å². The predicted octanol–water partition coefficient (Wildman–Crippen LogP) is 1.92. The minimum atomic E-state index is -0.00381. The molecule has 2 aliphatic rings. The third kappa shape index (κ3) is 3.68. The van der Waals surface area contributed by atoms with E-state index in [2.05, 4.69) is 22.2 Å². The number of thiophene rings is 1. The number of carbonyl (C=O) groups excluding carboxylic acids is 1. The third-order valence-corrected chi connectivity index (χ3v) is 7.20. The third-order valence-electron chi connectivity index (χ3n) is 5.04. The van der Waals surface area contributed by atoms with Crippen LogP contribution in [0.3, 0.4) is 0 Å². The van der Waals surface area contributed by atoms with Gasteiger partial charge in [0.25, 0.3) is 5.56 Å². The fourth-order valence-corrected chi connectivity index (χ4v) is 5.83. The van der Waals surface area contributed by atoms with Crippen LogP contribution in [0.5, 0.6) is 0 Å². The van der Waals surface area contributed by atoms with Crippen molar-refractivity contribution in [3.05, 3.63) is 26.6 Å². The molecule has 0 radical (unpaired) electrons. The number of rotatable bonds is 5. The number of hydrogen-bond acceptors (Lipinski definition) is 6. The number of amides is 1. The number of piperazine rings is 1. The molecule has 0 saturated carbocycles. The summed E-state index contributed by atoms with van der Waals surface area (Å²) in [7, 11) is 0. The highest BCUT2D eigenvalue weighted by Crippen LogP contribution is 2.34. The summed E-state index contributed by atoms with van der Waals surface area (Å²) in [5.41, 5.74) is 1.21. The van der Waals surface area contributed by atoms with Crippen LogP contribution < -0.4 is 10.9 Å². The van der Waals surface area contributed by atoms with Gasteiger partial charge in [0.15, 0.2) is 0 Å². The van der Waals surface area contributed by atoms with Crippen molar-refractivity contribution >= 4 is 39.2 Å². The highest BCUT2D eigenvalue weighted by Gasteiger charge is 2.22. The van der Waals surface area contributed by atoms with Crippen molar-refractivity contribution < 1.29 is 4.79 Å². The van der Waals surface area contributed by atoms with Crippen LogP contribution in [0.1, 0.15) is 36.0 Å². The van der Waals surface area contributed by atoms with Crippen LogP contribution in [-0.4, -0.2) is 52.2 Å². The molecular weight excluding hydrogens is 368 g/mol. The first-order chi connectivity index (χ1) is 12.6. The van der Waals surface area contributed by atoms with Crippen molar-refractivity contribution in [1.29, 1.82) is 0 Å². The van der Waals surface area contributed by atoms with E-state index in [0.717, 1.165) is 60.7 Å². The van der Waals surface area contributed by atoms with Crippen LogP contribution in [0.15, 0.2) is 4.79 Å². The van der Waals surface area contributed by atoms with E-state index in [4.69, 9.17) is 0 Å². The van der Waals surface area contributed by atoms with Crippen molar-refractivity contribution in [2.24, 2.45) is 0 Å². The van der Waals surface area contributed by atoms with Crippen LogP contribution in [0.25, 0.3) is 10.2 Å². The topological polar surface area (TPSA) is 78.1 Å². The molecule has 0 bridgehead atoms. The van der Waals surface area contributed by atoms with Gasteiger partial charge in [-0.1, -0.05) is 0 Å². The van der Waals surface area contributed by atoms with E-state index in [1.165, 1.54) is 10.4 Å². The molecule has 0 aromatic carbocycles. The molecule has 1 aliphatic carbocycles. The second-order valence-electron chi connectivity index (χ2n) is 7.05. The van der Waals surface area contributed by atoms with E-state index < -0.39 is 0 Å². The van der Waals surface area contributed by atoms with Crippen LogP contribution in [-0.2, 0) is 23.4 Å². The smallest absolute Gasteiger partial charge is 0.259 e. The number of carbonyl (C=O) groups is 1. The Labute approximate surface area is 160 Å². The summed E-state index contributed by atoms with van der Waals surface area (Å²) in [4.78, 5) is 36.5. The van der Waals surface area contributed by atoms with Gasteiger partial charge in [-0.3, -0.25) is 9.59 Å². The Hall–Kier alpha value is -1.38. The number of fused-ring (bicyclic) bond motifs is 3. The zero-order valence-electron chi connectivity index (χ0n) is 15.0. The Kier molecular flexibility index (Phi) is 5.33. The maximum Gasteiger partial charge on any atom is 0.259 e. The summed E-state index contributed by atoms with van der Waals surface area (Å²) in [5, 5.41) is 4.15. The maximum atomic E-state index is 12.4. The van der Waals surface area contributed by atoms with Gasteiger partial charge in [-0.25, -0.2) is 4.98 Å². The minimum Gasteiger partial charge on any atom is -0.340 e. The second-order valence-corrected chi connectivity index (χ2v) is 9.24. The number of hydrogen-bond donors (Lipinski definition) is 2. The second kappa shape index (κ2) is 7.70. The Morgan fingerprint density at radius 2 is 2.31 bits per heavy atom. The van der Waals surface area contributed by atoms with E-state index in [1.54, 1.807) is 23.1 Å². The van der Waals surface area contributed by atoms with Gasteiger partial charge >= 0.3 is 0 Å². The molecule has 8 heteroatoms. The molecule has 26 heavy (non-hydrogen) atoms. The zero-order chi connectivity index (χ0) is 18.1. The Balaban J connectivity index is 1.32. The molecule has 0 spiro atoms. The summed E-state index contributed by atoms with van der Waals surface area (Å²) in [5.74, 6) is 2.33. The SMILES string of the molecule is CC1CN(C(=O)CCSCc2nc3sc4c(c3c(=O)[nH]2)CCC4)CCN1. The maximum absolute atomic E-state index is 12.4. The molecule has 2 aromatic rings. The fraction of sp³-hybridized carbons (Fsp3) is 0.611. The lowest BCUT2D eigenvalue weighted by atomic mass is 10.2. The summed E-state index contributed by atoms with van der Waals surface area (Å²) >= 11 is 3.33. The lowest BCUT2D eigenvalue weighted by Gasteiger charge is -2.31. The van der Waals surface area contributed by atoms with E-state index in [1.807, 2.05) is 4.90 Å². The number of aryl methyl sites for hydroxylation is 2. The van der Waals surface area contributed by atoms with Gasteiger partial charge in [0.05, 0.1) is 11.1 Å². The molecule has 2 N–H and O–H groups in total. The molecule has 1 saturated heterocycles. The molecule has 1 fully saturated rings. The first-order valence-corrected chi connectivity index (χ1v) is 11.2. The standard InChI is InChI=1S/C18H24N4O2S2/c1-11-9-22(7-6-19-11)15(23)5-8-25-10-14-20-17(24)16-12-3-2-4-13(12)26-18(16)21-14/h11,19H,2-10H2,1H3,(H,20,21,24). The van der Waals surface area contributed by atoms with Crippen molar-refractivity contribution in [2.45, 2.75) is 44.4 Å². The van der Waals surface area contributed by atoms with E-state index in [9.17, 15) is 9.59 Å². The summed E-state index contributed by atoms with van der Waals surface area (Å²) in [6, 6.07) is 0.369. The predicted molar refractivity (Wildman–Crippen MR) is 107 cm³/mol. The quantitative estimate of drug-likeness (QED) is 0.760. The van der Waals surface area contributed by atoms with Crippen molar-refractivity contribution in [3.63, 3.8) is 0 Å². The van der Waals surface area contributed by atoms with Crippen LogP contribution in [0.4, 0.5) is 0 Å². The molecule has 2 aromatic heterocycles. The van der Waals surface area contributed by atoms with Gasteiger partial charge in [-0.15, -0.1) is 11.3 Å². The van der Waals surface area contributed by atoms with Crippen molar-refractivity contribution in [2.75, 3.05) is 25.4 Å².